The van der Waals surface area contributed by atoms with E-state index in [0.717, 1.165) is 6.42 Å². The van der Waals surface area contributed by atoms with E-state index in [4.69, 9.17) is 5.11 Å². The van der Waals surface area contributed by atoms with Crippen LogP contribution in [0.25, 0.3) is 0 Å². The standard InChI is InChI=1S/C15H17FO3/c1-8-6-10(7-9(2)13(8)16)14(17)11-4-3-5-12(11)15(18)19/h6-7,11-12H,3-5H2,1-2H3,(H,18,19). The molecule has 102 valence electrons. The Morgan fingerprint density at radius 3 is 2.21 bits per heavy atom. The normalized spacial score (nSPS) is 22.5. The molecule has 1 aromatic carbocycles. The molecular formula is C15H17FO3. The summed E-state index contributed by atoms with van der Waals surface area (Å²) in [4.78, 5) is 23.5. The van der Waals surface area contributed by atoms with Gasteiger partial charge in [0, 0.05) is 11.5 Å². The first-order valence-corrected chi connectivity index (χ1v) is 6.45. The van der Waals surface area contributed by atoms with E-state index in [9.17, 15) is 14.0 Å². The predicted molar refractivity (Wildman–Crippen MR) is 68.7 cm³/mol. The fourth-order valence-corrected chi connectivity index (χ4v) is 2.87. The molecule has 0 amide bonds. The van der Waals surface area contributed by atoms with Gasteiger partial charge in [0.2, 0.25) is 0 Å². The van der Waals surface area contributed by atoms with E-state index in [2.05, 4.69) is 0 Å². The Hall–Kier alpha value is -1.71. The second-order valence-corrected chi connectivity index (χ2v) is 5.27. The zero-order valence-corrected chi connectivity index (χ0v) is 11.1. The Balaban J connectivity index is 2.32. The molecule has 0 aromatic heterocycles. The summed E-state index contributed by atoms with van der Waals surface area (Å²) in [6, 6.07) is 3.03. The molecule has 2 unspecified atom stereocenters. The number of benzene rings is 1. The number of carbonyl (C=O) groups excluding carboxylic acids is 1. The Labute approximate surface area is 111 Å². The Morgan fingerprint density at radius 1 is 1.16 bits per heavy atom. The first-order valence-electron chi connectivity index (χ1n) is 6.45. The lowest BCUT2D eigenvalue weighted by molar-refractivity contribution is -0.142. The van der Waals surface area contributed by atoms with Crippen molar-refractivity contribution in [1.29, 1.82) is 0 Å². The molecule has 1 aliphatic rings. The van der Waals surface area contributed by atoms with Crippen LogP contribution in [0.3, 0.4) is 0 Å². The summed E-state index contributed by atoms with van der Waals surface area (Å²) in [6.07, 6.45) is 1.91. The lowest BCUT2D eigenvalue weighted by atomic mass is 9.87. The third-order valence-electron chi connectivity index (χ3n) is 3.89. The number of carbonyl (C=O) groups is 2. The van der Waals surface area contributed by atoms with E-state index in [1.165, 1.54) is 12.1 Å². The van der Waals surface area contributed by atoms with E-state index in [-0.39, 0.29) is 11.6 Å². The largest absolute Gasteiger partial charge is 0.481 e. The monoisotopic (exact) mass is 264 g/mol. The first kappa shape index (κ1) is 13.7. The molecule has 0 bridgehead atoms. The van der Waals surface area contributed by atoms with Gasteiger partial charge in [0.1, 0.15) is 5.82 Å². The van der Waals surface area contributed by atoms with E-state index in [1.54, 1.807) is 13.8 Å². The molecule has 1 aliphatic carbocycles. The molecule has 0 radical (unpaired) electrons. The molecule has 2 atom stereocenters. The van der Waals surface area contributed by atoms with Crippen LogP contribution in [0.2, 0.25) is 0 Å². The first-order chi connectivity index (χ1) is 8.91. The molecule has 1 N–H and O–H groups in total. The van der Waals surface area contributed by atoms with Crippen molar-refractivity contribution in [3.8, 4) is 0 Å². The topological polar surface area (TPSA) is 54.4 Å². The van der Waals surface area contributed by atoms with Crippen molar-refractivity contribution in [1.82, 2.24) is 0 Å². The van der Waals surface area contributed by atoms with Crippen molar-refractivity contribution >= 4 is 11.8 Å². The number of aliphatic carboxylic acids is 1. The molecule has 2 rings (SSSR count). The molecule has 4 heteroatoms. The third kappa shape index (κ3) is 2.53. The van der Waals surface area contributed by atoms with Crippen LogP contribution in [0.15, 0.2) is 12.1 Å². The van der Waals surface area contributed by atoms with Gasteiger partial charge in [-0.15, -0.1) is 0 Å². The smallest absolute Gasteiger partial charge is 0.307 e. The summed E-state index contributed by atoms with van der Waals surface area (Å²) in [5.74, 6) is -2.46. The number of hydrogen-bond acceptors (Lipinski definition) is 2. The predicted octanol–water partition coefficient (Wildman–Crippen LogP) is 3.13. The van der Waals surface area contributed by atoms with Gasteiger partial charge >= 0.3 is 5.97 Å². The Morgan fingerprint density at radius 2 is 1.68 bits per heavy atom. The SMILES string of the molecule is Cc1cc(C(=O)C2CCCC2C(=O)O)cc(C)c1F. The van der Waals surface area contributed by atoms with Gasteiger partial charge in [0.15, 0.2) is 5.78 Å². The van der Waals surface area contributed by atoms with Gasteiger partial charge in [-0.2, -0.15) is 0 Å². The Bertz CT molecular complexity index is 513. The fraction of sp³-hybridized carbons (Fsp3) is 0.467. The molecule has 1 saturated carbocycles. The number of carboxylic acids is 1. The average molecular weight is 264 g/mol. The molecule has 0 aliphatic heterocycles. The molecular weight excluding hydrogens is 247 g/mol. The highest BCUT2D eigenvalue weighted by molar-refractivity contribution is 6.00. The van der Waals surface area contributed by atoms with Gasteiger partial charge in [-0.05, 0) is 49.9 Å². The van der Waals surface area contributed by atoms with Crippen LogP contribution in [-0.4, -0.2) is 16.9 Å². The maximum Gasteiger partial charge on any atom is 0.307 e. The van der Waals surface area contributed by atoms with Crippen LogP contribution in [0.5, 0.6) is 0 Å². The summed E-state index contributed by atoms with van der Waals surface area (Å²) in [5, 5.41) is 9.12. The summed E-state index contributed by atoms with van der Waals surface area (Å²) in [6.45, 7) is 3.23. The quantitative estimate of drug-likeness (QED) is 0.853. The molecule has 1 fully saturated rings. The van der Waals surface area contributed by atoms with Gasteiger partial charge in [0.05, 0.1) is 5.92 Å². The van der Waals surface area contributed by atoms with Crippen LogP contribution in [0, 0.1) is 31.5 Å². The number of halogens is 1. The van der Waals surface area contributed by atoms with Gasteiger partial charge in [0.25, 0.3) is 0 Å². The molecule has 19 heavy (non-hydrogen) atoms. The van der Waals surface area contributed by atoms with Crippen molar-refractivity contribution in [3.05, 3.63) is 34.6 Å². The minimum atomic E-state index is -0.911. The summed E-state index contributed by atoms with van der Waals surface area (Å²) in [5.41, 5.74) is 1.27. The third-order valence-corrected chi connectivity index (χ3v) is 3.89. The van der Waals surface area contributed by atoms with Gasteiger partial charge in [-0.3, -0.25) is 9.59 Å². The highest BCUT2D eigenvalue weighted by Crippen LogP contribution is 2.34. The second kappa shape index (κ2) is 5.11. The molecule has 0 heterocycles. The summed E-state index contributed by atoms with van der Waals surface area (Å²) in [7, 11) is 0. The van der Waals surface area contributed by atoms with Crippen molar-refractivity contribution < 1.29 is 19.1 Å². The van der Waals surface area contributed by atoms with Gasteiger partial charge < -0.3 is 5.11 Å². The second-order valence-electron chi connectivity index (χ2n) is 5.27. The van der Waals surface area contributed by atoms with E-state index < -0.39 is 17.8 Å². The molecule has 3 nitrogen and oxygen atoms in total. The van der Waals surface area contributed by atoms with Crippen LogP contribution in [0.1, 0.15) is 40.7 Å². The number of ketones is 1. The van der Waals surface area contributed by atoms with Crippen LogP contribution < -0.4 is 0 Å². The number of hydrogen-bond donors (Lipinski definition) is 1. The van der Waals surface area contributed by atoms with E-state index in [0.29, 0.717) is 29.5 Å². The van der Waals surface area contributed by atoms with Crippen LogP contribution >= 0.6 is 0 Å². The maximum absolute atomic E-state index is 13.6. The van der Waals surface area contributed by atoms with E-state index >= 15 is 0 Å². The number of aryl methyl sites for hydroxylation is 2. The zero-order chi connectivity index (χ0) is 14.2. The average Bonchev–Trinajstić information content (AvgIpc) is 2.83. The van der Waals surface area contributed by atoms with Crippen molar-refractivity contribution in [3.63, 3.8) is 0 Å². The minimum Gasteiger partial charge on any atom is -0.481 e. The maximum atomic E-state index is 13.6. The molecule has 0 saturated heterocycles. The zero-order valence-electron chi connectivity index (χ0n) is 11.1. The fourth-order valence-electron chi connectivity index (χ4n) is 2.87. The Kier molecular flexibility index (Phi) is 3.69. The summed E-state index contributed by atoms with van der Waals surface area (Å²) < 4.78 is 13.6. The van der Waals surface area contributed by atoms with E-state index in [1.807, 2.05) is 0 Å². The number of rotatable bonds is 3. The number of Topliss-reactive ketones (excluding diaryl/α,β-unsaturated/α-hetero) is 1. The highest BCUT2D eigenvalue weighted by atomic mass is 19.1. The molecule has 1 aromatic rings. The van der Waals surface area contributed by atoms with Crippen LogP contribution in [0.4, 0.5) is 4.39 Å². The van der Waals surface area contributed by atoms with Crippen molar-refractivity contribution in [2.75, 3.05) is 0 Å². The minimum absolute atomic E-state index is 0.170. The van der Waals surface area contributed by atoms with Gasteiger partial charge in [-0.25, -0.2) is 4.39 Å². The van der Waals surface area contributed by atoms with Crippen molar-refractivity contribution in [2.45, 2.75) is 33.1 Å². The van der Waals surface area contributed by atoms with Crippen LogP contribution in [-0.2, 0) is 4.79 Å². The lowest BCUT2D eigenvalue weighted by Crippen LogP contribution is -2.25. The number of carboxylic acid groups (broad SMARTS) is 1. The lowest BCUT2D eigenvalue weighted by Gasteiger charge is -2.15. The molecule has 0 spiro atoms. The van der Waals surface area contributed by atoms with Gasteiger partial charge in [-0.1, -0.05) is 6.42 Å². The van der Waals surface area contributed by atoms with Crippen molar-refractivity contribution in [2.24, 2.45) is 11.8 Å². The highest BCUT2D eigenvalue weighted by Gasteiger charge is 2.38. The summed E-state index contributed by atoms with van der Waals surface area (Å²) >= 11 is 0.